The molecule has 3 N–H and O–H groups in total. The molecular weight excluding hydrogens is 320 g/mol. The highest BCUT2D eigenvalue weighted by atomic mass is 32.2. The number of nitrogens with two attached hydrogens (primary N) is 1. The molecule has 0 aliphatic rings. The molecule has 1 aromatic carbocycles. The summed E-state index contributed by atoms with van der Waals surface area (Å²) in [5, 5.41) is 5.04. The summed E-state index contributed by atoms with van der Waals surface area (Å²) in [4.78, 5) is -0.116. The first-order valence-corrected chi connectivity index (χ1v) is 9.05. The van der Waals surface area contributed by atoms with E-state index >= 15 is 0 Å². The van der Waals surface area contributed by atoms with Gasteiger partial charge in [-0.1, -0.05) is 0 Å². The summed E-state index contributed by atoms with van der Waals surface area (Å²) < 4.78 is 58.1. The van der Waals surface area contributed by atoms with Gasteiger partial charge in [0.1, 0.15) is 5.75 Å². The van der Waals surface area contributed by atoms with Gasteiger partial charge in [-0.25, -0.2) is 26.7 Å². The summed E-state index contributed by atoms with van der Waals surface area (Å²) in [6, 6.07) is 3.97. The van der Waals surface area contributed by atoms with Gasteiger partial charge in [-0.05, 0) is 18.2 Å². The van der Waals surface area contributed by atoms with E-state index in [1.54, 1.807) is 0 Å². The van der Waals surface area contributed by atoms with Crippen LogP contribution < -0.4 is 14.6 Å². The molecule has 21 heavy (non-hydrogen) atoms. The minimum Gasteiger partial charge on any atom is -0.496 e. The largest absolute Gasteiger partial charge is 0.496 e. The first-order valence-electron chi connectivity index (χ1n) is 5.85. The van der Waals surface area contributed by atoms with E-state index in [1.165, 1.54) is 32.4 Å². The van der Waals surface area contributed by atoms with Crippen LogP contribution in [0.1, 0.15) is 5.56 Å². The van der Waals surface area contributed by atoms with Gasteiger partial charge in [0.2, 0.25) is 20.0 Å². The van der Waals surface area contributed by atoms with Crippen LogP contribution in [-0.4, -0.2) is 43.4 Å². The SMILES string of the molecule is COCCS(=O)(=O)NCc1cc(S(N)(=O)=O)ccc1OC. The van der Waals surface area contributed by atoms with Gasteiger partial charge >= 0.3 is 0 Å². The van der Waals surface area contributed by atoms with Crippen LogP contribution in [0.5, 0.6) is 5.75 Å². The molecule has 0 fully saturated rings. The van der Waals surface area contributed by atoms with Crippen LogP contribution in [0, 0.1) is 0 Å². The van der Waals surface area contributed by atoms with Gasteiger partial charge in [0.05, 0.1) is 24.4 Å². The number of hydrogen-bond donors (Lipinski definition) is 2. The summed E-state index contributed by atoms with van der Waals surface area (Å²) in [6.45, 7) is -0.0533. The number of primary sulfonamides is 1. The van der Waals surface area contributed by atoms with Crippen LogP contribution in [-0.2, 0) is 31.3 Å². The van der Waals surface area contributed by atoms with Crippen molar-refractivity contribution in [2.24, 2.45) is 5.14 Å². The lowest BCUT2D eigenvalue weighted by molar-refractivity contribution is 0.217. The van der Waals surface area contributed by atoms with Crippen molar-refractivity contribution in [3.8, 4) is 5.75 Å². The van der Waals surface area contributed by atoms with Crippen LogP contribution in [0.25, 0.3) is 0 Å². The zero-order valence-corrected chi connectivity index (χ0v) is 13.3. The van der Waals surface area contributed by atoms with Gasteiger partial charge in [0.15, 0.2) is 0 Å². The first kappa shape index (κ1) is 17.9. The Morgan fingerprint density at radius 3 is 2.38 bits per heavy atom. The first-order chi connectivity index (χ1) is 9.69. The molecule has 0 aliphatic heterocycles. The molecule has 0 heterocycles. The third kappa shape index (κ3) is 5.59. The molecule has 0 atom stereocenters. The Morgan fingerprint density at radius 1 is 1.19 bits per heavy atom. The van der Waals surface area contributed by atoms with Gasteiger partial charge in [-0.3, -0.25) is 0 Å². The molecule has 8 nitrogen and oxygen atoms in total. The van der Waals surface area contributed by atoms with Crippen molar-refractivity contribution in [1.82, 2.24) is 4.72 Å². The number of methoxy groups -OCH3 is 2. The average Bonchev–Trinajstić information content (AvgIpc) is 2.41. The highest BCUT2D eigenvalue weighted by Crippen LogP contribution is 2.21. The molecule has 120 valence electrons. The number of benzene rings is 1. The molecular formula is C11H18N2O6S2. The fourth-order valence-electron chi connectivity index (χ4n) is 1.52. The fraction of sp³-hybridized carbons (Fsp3) is 0.455. The zero-order chi connectivity index (χ0) is 16.1. The van der Waals surface area contributed by atoms with Crippen LogP contribution in [0.2, 0.25) is 0 Å². The van der Waals surface area contributed by atoms with E-state index in [4.69, 9.17) is 14.6 Å². The lowest BCUT2D eigenvalue weighted by atomic mass is 10.2. The van der Waals surface area contributed by atoms with Crippen molar-refractivity contribution in [1.29, 1.82) is 0 Å². The van der Waals surface area contributed by atoms with Crippen molar-refractivity contribution < 1.29 is 26.3 Å². The van der Waals surface area contributed by atoms with E-state index in [-0.39, 0.29) is 23.8 Å². The van der Waals surface area contributed by atoms with E-state index in [9.17, 15) is 16.8 Å². The van der Waals surface area contributed by atoms with Gasteiger partial charge in [-0.15, -0.1) is 0 Å². The lowest BCUT2D eigenvalue weighted by Gasteiger charge is -2.11. The molecule has 0 radical (unpaired) electrons. The quantitative estimate of drug-likeness (QED) is 0.652. The van der Waals surface area contributed by atoms with E-state index in [1.807, 2.05) is 0 Å². The van der Waals surface area contributed by atoms with Crippen LogP contribution in [0.4, 0.5) is 0 Å². The van der Waals surface area contributed by atoms with Crippen molar-refractivity contribution in [3.63, 3.8) is 0 Å². The Hall–Kier alpha value is -1.20. The molecule has 1 aromatic rings. The summed E-state index contributed by atoms with van der Waals surface area (Å²) >= 11 is 0. The highest BCUT2D eigenvalue weighted by Gasteiger charge is 2.15. The van der Waals surface area contributed by atoms with Crippen molar-refractivity contribution in [3.05, 3.63) is 23.8 Å². The van der Waals surface area contributed by atoms with Gasteiger partial charge in [0.25, 0.3) is 0 Å². The summed E-state index contributed by atoms with van der Waals surface area (Å²) in [5.74, 6) is 0.164. The third-order valence-corrected chi connectivity index (χ3v) is 4.82. The summed E-state index contributed by atoms with van der Waals surface area (Å²) in [6.07, 6.45) is 0. The maximum absolute atomic E-state index is 11.7. The molecule has 10 heteroatoms. The second kappa shape index (κ2) is 7.18. The number of rotatable bonds is 8. The predicted molar refractivity (Wildman–Crippen MR) is 76.9 cm³/mol. The van der Waals surface area contributed by atoms with E-state index < -0.39 is 20.0 Å². The zero-order valence-electron chi connectivity index (χ0n) is 11.7. The molecule has 0 saturated heterocycles. The second-order valence-corrected chi connectivity index (χ2v) is 7.64. The lowest BCUT2D eigenvalue weighted by Crippen LogP contribution is -2.28. The minimum absolute atomic E-state index is 0.0592. The monoisotopic (exact) mass is 338 g/mol. The predicted octanol–water partition coefficient (Wildman–Crippen LogP) is -0.592. The number of hydrogen-bond acceptors (Lipinski definition) is 6. The second-order valence-electron chi connectivity index (χ2n) is 4.15. The molecule has 1 rings (SSSR count). The van der Waals surface area contributed by atoms with E-state index in [0.29, 0.717) is 11.3 Å². The summed E-state index contributed by atoms with van der Waals surface area (Å²) in [7, 11) is -4.60. The smallest absolute Gasteiger partial charge is 0.238 e. The average molecular weight is 338 g/mol. The topological polar surface area (TPSA) is 125 Å². The van der Waals surface area contributed by atoms with E-state index in [0.717, 1.165) is 0 Å². The Morgan fingerprint density at radius 2 is 1.86 bits per heavy atom. The number of sulfonamides is 2. The Bertz CT molecular complexity index is 685. The number of nitrogens with one attached hydrogen (secondary N) is 1. The molecule has 0 bridgehead atoms. The summed E-state index contributed by atoms with van der Waals surface area (Å²) in [5.41, 5.74) is 0.366. The molecule has 0 aliphatic carbocycles. The maximum Gasteiger partial charge on any atom is 0.238 e. The highest BCUT2D eigenvalue weighted by molar-refractivity contribution is 7.89. The van der Waals surface area contributed by atoms with Crippen LogP contribution in [0.3, 0.4) is 0 Å². The van der Waals surface area contributed by atoms with Gasteiger partial charge in [-0.2, -0.15) is 0 Å². The van der Waals surface area contributed by atoms with E-state index in [2.05, 4.69) is 4.72 Å². The molecule has 0 spiro atoms. The number of ether oxygens (including phenoxy) is 2. The van der Waals surface area contributed by atoms with Crippen molar-refractivity contribution >= 4 is 20.0 Å². The van der Waals surface area contributed by atoms with Crippen molar-refractivity contribution in [2.75, 3.05) is 26.6 Å². The maximum atomic E-state index is 11.7. The van der Waals surface area contributed by atoms with Crippen molar-refractivity contribution in [2.45, 2.75) is 11.4 Å². The van der Waals surface area contributed by atoms with Gasteiger partial charge < -0.3 is 9.47 Å². The van der Waals surface area contributed by atoms with Crippen LogP contribution >= 0.6 is 0 Å². The van der Waals surface area contributed by atoms with Gasteiger partial charge in [0, 0.05) is 19.2 Å². The normalized spacial score (nSPS) is 12.3. The minimum atomic E-state index is -3.87. The third-order valence-electron chi connectivity index (χ3n) is 2.62. The molecule has 0 saturated carbocycles. The Balaban J connectivity index is 2.96. The molecule has 0 unspecified atom stereocenters. The Labute approximate surface area is 124 Å². The Kier molecular flexibility index (Phi) is 6.10. The fourth-order valence-corrected chi connectivity index (χ4v) is 2.99. The standard InChI is InChI=1S/C11H18N2O6S2/c1-18-5-6-20(14,15)13-8-9-7-10(21(12,16)17)3-4-11(9)19-2/h3-4,7,13H,5-6,8H2,1-2H3,(H2,12,16,17). The van der Waals surface area contributed by atoms with Crippen LogP contribution in [0.15, 0.2) is 23.1 Å². The molecule has 0 amide bonds. The molecule has 0 aromatic heterocycles.